The van der Waals surface area contributed by atoms with Gasteiger partial charge < -0.3 is 9.64 Å². The lowest BCUT2D eigenvalue weighted by Crippen LogP contribution is -2.48. The fourth-order valence-corrected chi connectivity index (χ4v) is 6.06. The molecule has 2 fully saturated rings. The average Bonchev–Trinajstić information content (AvgIpc) is 3.68. The number of carbonyl (C=O) groups excluding carboxylic acids is 2. The van der Waals surface area contributed by atoms with E-state index >= 15 is 0 Å². The van der Waals surface area contributed by atoms with Gasteiger partial charge in [-0.25, -0.2) is 9.40 Å². The molecule has 1 saturated carbocycles. The number of carbonyl (C=O) groups is 2. The molecule has 1 aromatic heterocycles. The molecule has 2 aliphatic heterocycles. The maximum Gasteiger partial charge on any atom is 0.262 e. The molecular formula is C27H33FN4O3S. The molecule has 1 atom stereocenters. The summed E-state index contributed by atoms with van der Waals surface area (Å²) < 4.78 is 20.2. The molecule has 3 aliphatic rings. The Balaban J connectivity index is 1.36. The van der Waals surface area contributed by atoms with Crippen molar-refractivity contribution in [2.45, 2.75) is 38.1 Å². The van der Waals surface area contributed by atoms with E-state index in [2.05, 4.69) is 10.0 Å². The monoisotopic (exact) mass is 512 g/mol. The summed E-state index contributed by atoms with van der Waals surface area (Å²) in [4.78, 5) is 32.1. The summed E-state index contributed by atoms with van der Waals surface area (Å²) in [5.74, 6) is -0.593. The molecule has 9 heteroatoms. The van der Waals surface area contributed by atoms with E-state index in [1.807, 2.05) is 17.5 Å². The first kappa shape index (κ1) is 25.0. The van der Waals surface area contributed by atoms with E-state index in [1.165, 1.54) is 11.1 Å². The topological polar surface area (TPSA) is 65.5 Å². The average molecular weight is 513 g/mol. The predicted octanol–water partition coefficient (Wildman–Crippen LogP) is 3.92. The first-order valence-electron chi connectivity index (χ1n) is 12.9. The second-order valence-electron chi connectivity index (χ2n) is 9.70. The maximum absolute atomic E-state index is 14.8. The van der Waals surface area contributed by atoms with Gasteiger partial charge in [-0.15, -0.1) is 11.3 Å². The van der Waals surface area contributed by atoms with E-state index in [9.17, 15) is 14.0 Å². The third-order valence-electron chi connectivity index (χ3n) is 7.37. The van der Waals surface area contributed by atoms with Crippen molar-refractivity contribution in [3.63, 3.8) is 0 Å². The number of ether oxygens (including phenoxy) is 1. The molecule has 2 aromatic rings. The number of hydrogen-bond acceptors (Lipinski definition) is 6. The van der Waals surface area contributed by atoms with Crippen LogP contribution in [0.1, 0.15) is 48.6 Å². The Kier molecular flexibility index (Phi) is 8.09. The molecule has 0 spiro atoms. The molecule has 0 bridgehead atoms. The smallest absolute Gasteiger partial charge is 0.262 e. The lowest BCUT2D eigenvalue weighted by molar-refractivity contribution is -0.144. The van der Waals surface area contributed by atoms with E-state index in [0.29, 0.717) is 38.3 Å². The summed E-state index contributed by atoms with van der Waals surface area (Å²) in [6.45, 7) is 4.18. The Labute approximate surface area is 215 Å². The second kappa shape index (κ2) is 11.6. The zero-order chi connectivity index (χ0) is 24.9. The SMILES string of the molecule is O=C(C1CCCC1)N(CCN1CCOCC1)CC(=O)N1N=C(c2cccs2)C[C@@H]1c1ccccc1F. The van der Waals surface area contributed by atoms with Gasteiger partial charge in [0.15, 0.2) is 0 Å². The van der Waals surface area contributed by atoms with Crippen LogP contribution in [0.25, 0.3) is 0 Å². The highest BCUT2D eigenvalue weighted by Gasteiger charge is 2.37. The van der Waals surface area contributed by atoms with Gasteiger partial charge in [0.2, 0.25) is 5.91 Å². The molecule has 0 radical (unpaired) electrons. The van der Waals surface area contributed by atoms with E-state index < -0.39 is 6.04 Å². The number of hydrogen-bond donors (Lipinski definition) is 0. The Morgan fingerprint density at radius 3 is 2.61 bits per heavy atom. The van der Waals surface area contributed by atoms with Gasteiger partial charge >= 0.3 is 0 Å². The fraction of sp³-hybridized carbons (Fsp3) is 0.519. The number of thiophene rings is 1. The first-order chi connectivity index (χ1) is 17.6. The summed E-state index contributed by atoms with van der Waals surface area (Å²) in [6, 6.07) is 9.94. The number of benzene rings is 1. The lowest BCUT2D eigenvalue weighted by atomic mass is 10.0. The number of nitrogens with zero attached hydrogens (tertiary/aromatic N) is 4. The fourth-order valence-electron chi connectivity index (χ4n) is 5.34. The second-order valence-corrected chi connectivity index (χ2v) is 10.6. The standard InChI is InChI=1S/C27H33FN4O3S/c28-22-9-4-3-8-21(22)24-18-23(25-10-5-17-36-25)29-32(24)26(33)19-31(27(34)20-6-1-2-7-20)12-11-30-13-15-35-16-14-30/h3-5,8-10,17,20,24H,1-2,6-7,11-16,18-19H2/t24-/m1/s1. The summed E-state index contributed by atoms with van der Waals surface area (Å²) in [7, 11) is 0. The molecule has 0 N–H and O–H groups in total. The highest BCUT2D eigenvalue weighted by atomic mass is 32.1. The van der Waals surface area contributed by atoms with Crippen molar-refractivity contribution in [1.82, 2.24) is 14.8 Å². The maximum atomic E-state index is 14.8. The predicted molar refractivity (Wildman–Crippen MR) is 137 cm³/mol. The minimum Gasteiger partial charge on any atom is -0.379 e. The zero-order valence-corrected chi connectivity index (χ0v) is 21.3. The molecular weight excluding hydrogens is 479 g/mol. The van der Waals surface area contributed by atoms with Crippen LogP contribution in [0.3, 0.4) is 0 Å². The summed E-state index contributed by atoms with van der Waals surface area (Å²) in [6.07, 6.45) is 4.30. The van der Waals surface area contributed by atoms with Crippen molar-refractivity contribution in [1.29, 1.82) is 0 Å². The van der Waals surface area contributed by atoms with Gasteiger partial charge in [-0.2, -0.15) is 5.10 Å². The van der Waals surface area contributed by atoms with Crippen molar-refractivity contribution >= 4 is 28.9 Å². The highest BCUT2D eigenvalue weighted by molar-refractivity contribution is 7.12. The zero-order valence-electron chi connectivity index (χ0n) is 20.5. The number of morpholine rings is 1. The van der Waals surface area contributed by atoms with Crippen molar-refractivity contribution in [3.05, 3.63) is 58.0 Å². The lowest BCUT2D eigenvalue weighted by Gasteiger charge is -2.32. The molecule has 3 heterocycles. The molecule has 192 valence electrons. The Morgan fingerprint density at radius 2 is 1.89 bits per heavy atom. The number of rotatable bonds is 8. The van der Waals surface area contributed by atoms with Gasteiger partial charge in [0, 0.05) is 44.1 Å². The van der Waals surface area contributed by atoms with Crippen LogP contribution >= 0.6 is 11.3 Å². The third kappa shape index (κ3) is 5.68. The van der Waals surface area contributed by atoms with Crippen LogP contribution in [0.2, 0.25) is 0 Å². The molecule has 36 heavy (non-hydrogen) atoms. The molecule has 1 saturated heterocycles. The molecule has 0 unspecified atom stereocenters. The van der Waals surface area contributed by atoms with Gasteiger partial charge in [-0.05, 0) is 30.4 Å². The normalized spacial score (nSPS) is 21.1. The van der Waals surface area contributed by atoms with Gasteiger partial charge in [0.25, 0.3) is 5.91 Å². The van der Waals surface area contributed by atoms with Crippen molar-refractivity contribution < 1.29 is 18.7 Å². The van der Waals surface area contributed by atoms with Crippen molar-refractivity contribution in [2.24, 2.45) is 11.0 Å². The minimum atomic E-state index is -0.529. The Bertz CT molecular complexity index is 1080. The minimum absolute atomic E-state index is 0.0198. The van der Waals surface area contributed by atoms with Crippen molar-refractivity contribution in [2.75, 3.05) is 45.9 Å². The molecule has 2 amide bonds. The van der Waals surface area contributed by atoms with Gasteiger partial charge in [-0.1, -0.05) is 37.1 Å². The highest BCUT2D eigenvalue weighted by Crippen LogP contribution is 2.35. The molecule has 1 aromatic carbocycles. The van der Waals surface area contributed by atoms with Crippen LogP contribution in [0.5, 0.6) is 0 Å². The first-order valence-corrected chi connectivity index (χ1v) is 13.7. The van der Waals surface area contributed by atoms with E-state index in [-0.39, 0.29) is 30.1 Å². The summed E-state index contributed by atoms with van der Waals surface area (Å²) in [5.41, 5.74) is 1.22. The third-order valence-corrected chi connectivity index (χ3v) is 8.29. The van der Waals surface area contributed by atoms with E-state index in [1.54, 1.807) is 34.4 Å². The van der Waals surface area contributed by atoms with Gasteiger partial charge in [-0.3, -0.25) is 14.5 Å². The molecule has 5 rings (SSSR count). The van der Waals surface area contributed by atoms with Gasteiger partial charge in [0.1, 0.15) is 12.4 Å². The van der Waals surface area contributed by atoms with E-state index in [4.69, 9.17) is 4.74 Å². The summed E-state index contributed by atoms with van der Waals surface area (Å²) >= 11 is 1.55. The number of amides is 2. The largest absolute Gasteiger partial charge is 0.379 e. The number of halogens is 1. The quantitative estimate of drug-likeness (QED) is 0.538. The van der Waals surface area contributed by atoms with Crippen LogP contribution in [0.15, 0.2) is 46.9 Å². The summed E-state index contributed by atoms with van der Waals surface area (Å²) in [5, 5.41) is 8.05. The van der Waals surface area contributed by atoms with Crippen molar-refractivity contribution in [3.8, 4) is 0 Å². The van der Waals surface area contributed by atoms with Crippen LogP contribution in [-0.2, 0) is 14.3 Å². The molecule has 1 aliphatic carbocycles. The number of hydrazone groups is 1. The van der Waals surface area contributed by atoms with Crippen LogP contribution in [0, 0.1) is 11.7 Å². The van der Waals surface area contributed by atoms with Gasteiger partial charge in [0.05, 0.1) is 29.8 Å². The van der Waals surface area contributed by atoms with E-state index in [0.717, 1.165) is 49.4 Å². The Hall–Kier alpha value is -2.62. The van der Waals surface area contributed by atoms with Crippen LogP contribution in [0.4, 0.5) is 4.39 Å². The van der Waals surface area contributed by atoms with Crippen LogP contribution in [-0.4, -0.2) is 78.3 Å². The Morgan fingerprint density at radius 1 is 1.11 bits per heavy atom. The van der Waals surface area contributed by atoms with Crippen LogP contribution < -0.4 is 0 Å². The molecule has 7 nitrogen and oxygen atoms in total.